The Morgan fingerprint density at radius 1 is 1.44 bits per heavy atom. The van der Waals surface area contributed by atoms with Crippen LogP contribution in [-0.4, -0.2) is 42.7 Å². The van der Waals surface area contributed by atoms with E-state index in [1.807, 2.05) is 27.7 Å². The van der Waals surface area contributed by atoms with Gasteiger partial charge < -0.3 is 19.0 Å². The summed E-state index contributed by atoms with van der Waals surface area (Å²) < 4.78 is 16.8. The summed E-state index contributed by atoms with van der Waals surface area (Å²) in [5.41, 5.74) is 0.649. The SMILES string of the molecule is CCOC1CON=C1c1cc(Cl)ccc1OC(C)C(=O)OC(C)(C)C. The van der Waals surface area contributed by atoms with Crippen molar-refractivity contribution < 1.29 is 23.8 Å². The van der Waals surface area contributed by atoms with Crippen molar-refractivity contribution in [3.05, 3.63) is 28.8 Å². The Hall–Kier alpha value is -1.79. The van der Waals surface area contributed by atoms with Crippen molar-refractivity contribution in [1.29, 1.82) is 0 Å². The molecule has 1 aliphatic heterocycles. The number of oxime groups is 1. The lowest BCUT2D eigenvalue weighted by Crippen LogP contribution is -2.34. The molecule has 1 aliphatic rings. The first kappa shape index (κ1) is 19.5. The van der Waals surface area contributed by atoms with Crippen LogP contribution in [0.15, 0.2) is 23.4 Å². The fourth-order valence-corrected chi connectivity index (χ4v) is 2.46. The van der Waals surface area contributed by atoms with Crippen LogP contribution in [0.4, 0.5) is 0 Å². The average molecular weight is 370 g/mol. The number of halogens is 1. The third kappa shape index (κ3) is 5.34. The van der Waals surface area contributed by atoms with Crippen LogP contribution in [0.1, 0.15) is 40.2 Å². The third-order valence-corrected chi connectivity index (χ3v) is 3.56. The van der Waals surface area contributed by atoms with Crippen molar-refractivity contribution in [2.75, 3.05) is 13.2 Å². The van der Waals surface area contributed by atoms with Crippen LogP contribution in [-0.2, 0) is 19.1 Å². The normalized spacial score (nSPS) is 18.3. The number of rotatable bonds is 6. The van der Waals surface area contributed by atoms with E-state index in [4.69, 9.17) is 30.6 Å². The van der Waals surface area contributed by atoms with E-state index in [2.05, 4.69) is 5.16 Å². The first-order chi connectivity index (χ1) is 11.7. The van der Waals surface area contributed by atoms with Gasteiger partial charge in [0.25, 0.3) is 0 Å². The molecule has 1 aromatic rings. The second-order valence-electron chi connectivity index (χ2n) is 6.65. The van der Waals surface area contributed by atoms with Crippen molar-refractivity contribution in [3.8, 4) is 5.75 Å². The molecule has 7 heteroatoms. The summed E-state index contributed by atoms with van der Waals surface area (Å²) in [5, 5.41) is 4.58. The molecular weight excluding hydrogens is 346 g/mol. The van der Waals surface area contributed by atoms with Gasteiger partial charge in [0, 0.05) is 17.2 Å². The Balaban J connectivity index is 2.23. The Morgan fingerprint density at radius 2 is 2.16 bits per heavy atom. The van der Waals surface area contributed by atoms with E-state index >= 15 is 0 Å². The van der Waals surface area contributed by atoms with Crippen LogP contribution in [0, 0.1) is 0 Å². The molecule has 0 saturated carbocycles. The summed E-state index contributed by atoms with van der Waals surface area (Å²) in [6.07, 6.45) is -1.09. The summed E-state index contributed by atoms with van der Waals surface area (Å²) in [6.45, 7) is 9.82. The van der Waals surface area contributed by atoms with E-state index < -0.39 is 17.7 Å². The topological polar surface area (TPSA) is 66.3 Å². The van der Waals surface area contributed by atoms with Gasteiger partial charge in [-0.05, 0) is 52.8 Å². The van der Waals surface area contributed by atoms with Crippen LogP contribution in [0.5, 0.6) is 5.75 Å². The molecular formula is C18H24ClNO5. The number of nitrogens with zero attached hydrogens (tertiary/aromatic N) is 1. The highest BCUT2D eigenvalue weighted by atomic mass is 35.5. The highest BCUT2D eigenvalue weighted by Gasteiger charge is 2.30. The first-order valence-corrected chi connectivity index (χ1v) is 8.60. The molecule has 0 aliphatic carbocycles. The lowest BCUT2D eigenvalue weighted by atomic mass is 10.0. The maximum Gasteiger partial charge on any atom is 0.347 e. The Kier molecular flexibility index (Phi) is 6.30. The molecule has 0 amide bonds. The first-order valence-electron chi connectivity index (χ1n) is 8.22. The molecule has 2 atom stereocenters. The Labute approximate surface area is 153 Å². The largest absolute Gasteiger partial charge is 0.478 e. The van der Waals surface area contributed by atoms with E-state index in [1.165, 1.54) is 0 Å². The molecule has 0 bridgehead atoms. The lowest BCUT2D eigenvalue weighted by Gasteiger charge is -2.23. The maximum absolute atomic E-state index is 12.2. The third-order valence-electron chi connectivity index (χ3n) is 3.32. The van der Waals surface area contributed by atoms with Gasteiger partial charge in [-0.3, -0.25) is 0 Å². The number of carbonyl (C=O) groups excluding carboxylic acids is 1. The second kappa shape index (κ2) is 8.06. The van der Waals surface area contributed by atoms with Gasteiger partial charge in [-0.2, -0.15) is 0 Å². The summed E-state index contributed by atoms with van der Waals surface area (Å²) in [5.74, 6) is 0.0241. The zero-order valence-corrected chi connectivity index (χ0v) is 15.9. The van der Waals surface area contributed by atoms with Gasteiger partial charge in [0.15, 0.2) is 6.10 Å². The summed E-state index contributed by atoms with van der Waals surface area (Å²) >= 11 is 6.12. The molecule has 0 saturated heterocycles. The van der Waals surface area contributed by atoms with Gasteiger partial charge in [0.1, 0.15) is 29.8 Å². The molecule has 0 fully saturated rings. The molecule has 2 rings (SSSR count). The van der Waals surface area contributed by atoms with Crippen LogP contribution < -0.4 is 4.74 Å². The molecule has 0 spiro atoms. The van der Waals surface area contributed by atoms with Crippen LogP contribution >= 0.6 is 11.6 Å². The van der Waals surface area contributed by atoms with Crippen molar-refractivity contribution >= 4 is 23.3 Å². The van der Waals surface area contributed by atoms with E-state index in [1.54, 1.807) is 25.1 Å². The van der Waals surface area contributed by atoms with E-state index in [0.29, 0.717) is 35.3 Å². The van der Waals surface area contributed by atoms with Gasteiger partial charge in [-0.1, -0.05) is 16.8 Å². The minimum Gasteiger partial charge on any atom is -0.478 e. The highest BCUT2D eigenvalue weighted by Crippen LogP contribution is 2.28. The van der Waals surface area contributed by atoms with Crippen LogP contribution in [0.3, 0.4) is 0 Å². The van der Waals surface area contributed by atoms with Gasteiger partial charge in [-0.15, -0.1) is 0 Å². The lowest BCUT2D eigenvalue weighted by molar-refractivity contribution is -0.162. The molecule has 0 aromatic heterocycles. The molecule has 0 radical (unpaired) electrons. The van der Waals surface area contributed by atoms with Crippen molar-refractivity contribution in [2.45, 2.75) is 52.4 Å². The second-order valence-corrected chi connectivity index (χ2v) is 7.09. The quantitative estimate of drug-likeness (QED) is 0.717. The standard InChI is InChI=1S/C18H24ClNO5/c1-6-22-15-10-23-20-16(15)13-9-12(19)7-8-14(13)24-11(2)17(21)25-18(3,4)5/h7-9,11,15H,6,10H2,1-5H3. The zero-order chi connectivity index (χ0) is 18.6. The number of hydrogen-bond donors (Lipinski definition) is 0. The minimum absolute atomic E-state index is 0.303. The minimum atomic E-state index is -0.785. The van der Waals surface area contributed by atoms with Gasteiger partial charge >= 0.3 is 5.97 Å². The Bertz CT molecular complexity index is 653. The number of hydrogen-bond acceptors (Lipinski definition) is 6. The molecule has 2 unspecified atom stereocenters. The predicted molar refractivity (Wildman–Crippen MR) is 95.3 cm³/mol. The number of ether oxygens (including phenoxy) is 3. The van der Waals surface area contributed by atoms with Gasteiger partial charge in [0.2, 0.25) is 0 Å². The van der Waals surface area contributed by atoms with Crippen molar-refractivity contribution in [2.24, 2.45) is 5.16 Å². The van der Waals surface area contributed by atoms with Crippen LogP contribution in [0.2, 0.25) is 5.02 Å². The number of carbonyl (C=O) groups is 1. The fraction of sp³-hybridized carbons (Fsp3) is 0.556. The number of esters is 1. The molecule has 138 valence electrons. The molecule has 1 heterocycles. The summed E-state index contributed by atoms with van der Waals surface area (Å²) in [6, 6.07) is 5.11. The predicted octanol–water partition coefficient (Wildman–Crippen LogP) is 3.59. The molecule has 25 heavy (non-hydrogen) atoms. The molecule has 0 N–H and O–H groups in total. The van der Waals surface area contributed by atoms with Crippen molar-refractivity contribution in [3.63, 3.8) is 0 Å². The maximum atomic E-state index is 12.2. The van der Waals surface area contributed by atoms with Gasteiger partial charge in [-0.25, -0.2) is 4.79 Å². The Morgan fingerprint density at radius 3 is 2.80 bits per heavy atom. The van der Waals surface area contributed by atoms with Crippen molar-refractivity contribution in [1.82, 2.24) is 0 Å². The zero-order valence-electron chi connectivity index (χ0n) is 15.2. The van der Waals surface area contributed by atoms with E-state index in [-0.39, 0.29) is 6.10 Å². The molecule has 1 aromatic carbocycles. The van der Waals surface area contributed by atoms with Crippen LogP contribution in [0.25, 0.3) is 0 Å². The number of benzene rings is 1. The highest BCUT2D eigenvalue weighted by molar-refractivity contribution is 6.31. The monoisotopic (exact) mass is 369 g/mol. The van der Waals surface area contributed by atoms with Gasteiger partial charge in [0.05, 0.1) is 0 Å². The molecule has 6 nitrogen and oxygen atoms in total. The fourth-order valence-electron chi connectivity index (χ4n) is 2.29. The smallest absolute Gasteiger partial charge is 0.347 e. The van der Waals surface area contributed by atoms with E-state index in [0.717, 1.165) is 0 Å². The summed E-state index contributed by atoms with van der Waals surface area (Å²) in [4.78, 5) is 17.3. The average Bonchev–Trinajstić information content (AvgIpc) is 2.95. The summed E-state index contributed by atoms with van der Waals surface area (Å²) in [7, 11) is 0. The van der Waals surface area contributed by atoms with E-state index in [9.17, 15) is 4.79 Å².